The summed E-state index contributed by atoms with van der Waals surface area (Å²) in [4.78, 5) is 40.2. The van der Waals surface area contributed by atoms with Crippen LogP contribution in [0.15, 0.2) is 36.4 Å². The molecule has 0 saturated heterocycles. The van der Waals surface area contributed by atoms with E-state index < -0.39 is 24.5 Å². The number of amides is 1. The first kappa shape index (κ1) is 24.8. The number of aryl methyl sites for hydroxylation is 1. The van der Waals surface area contributed by atoms with Crippen molar-refractivity contribution < 1.29 is 23.9 Å². The highest BCUT2D eigenvalue weighted by Gasteiger charge is 2.25. The van der Waals surface area contributed by atoms with Crippen LogP contribution in [-0.4, -0.2) is 45.8 Å². The molecular formula is C25H30N4O5. The van der Waals surface area contributed by atoms with Crippen molar-refractivity contribution in [2.75, 3.05) is 18.5 Å². The first-order valence-corrected chi connectivity index (χ1v) is 11.0. The molecule has 2 heterocycles. The lowest BCUT2D eigenvalue weighted by molar-refractivity contribution is -0.119. The molecule has 0 atom stereocenters. The molecule has 2 aromatic heterocycles. The number of para-hydroxylation sites is 1. The molecule has 0 aliphatic rings. The minimum absolute atomic E-state index is 0.192. The number of nitrogens with zero attached hydrogens (tertiary/aromatic N) is 2. The van der Waals surface area contributed by atoms with Gasteiger partial charge in [-0.15, -0.1) is 0 Å². The summed E-state index contributed by atoms with van der Waals surface area (Å²) in [5.41, 5.74) is 2.63. The summed E-state index contributed by atoms with van der Waals surface area (Å²) in [6.45, 7) is 10.8. The van der Waals surface area contributed by atoms with Crippen molar-refractivity contribution >= 4 is 23.7 Å². The third-order valence-electron chi connectivity index (χ3n) is 5.20. The summed E-state index contributed by atoms with van der Waals surface area (Å²) in [6.07, 6.45) is 0. The van der Waals surface area contributed by atoms with Crippen LogP contribution in [-0.2, 0) is 19.7 Å². The molecule has 0 unspecified atom stereocenters. The van der Waals surface area contributed by atoms with Gasteiger partial charge in [-0.2, -0.15) is 5.10 Å². The lowest BCUT2D eigenvalue weighted by atomic mass is 9.92. The van der Waals surface area contributed by atoms with Crippen molar-refractivity contribution in [1.82, 2.24) is 14.8 Å². The molecule has 1 aromatic carbocycles. The number of rotatable bonds is 7. The van der Waals surface area contributed by atoms with Gasteiger partial charge in [0.05, 0.1) is 23.6 Å². The average molecular weight is 467 g/mol. The second-order valence-corrected chi connectivity index (χ2v) is 8.88. The Balaban J connectivity index is 1.74. The zero-order chi connectivity index (χ0) is 25.0. The highest BCUT2D eigenvalue weighted by Crippen LogP contribution is 2.26. The quantitative estimate of drug-likeness (QED) is 0.507. The standard InChI is InChI=1S/C25H30N4O5/c1-7-33-24(32)22-15(2)21(16(3)26-22)23(31)34-14-20(30)27-19-13-18(25(4,5)6)28-29(19)17-11-9-8-10-12-17/h8-13,26H,7,14H2,1-6H3,(H,27,30). The summed E-state index contributed by atoms with van der Waals surface area (Å²) in [5, 5.41) is 7.43. The number of benzene rings is 1. The van der Waals surface area contributed by atoms with Gasteiger partial charge in [-0.3, -0.25) is 4.79 Å². The zero-order valence-corrected chi connectivity index (χ0v) is 20.3. The number of nitrogens with one attached hydrogen (secondary N) is 2. The predicted octanol–water partition coefficient (Wildman–Crippen LogP) is 4.09. The Bertz CT molecular complexity index is 1200. The maximum absolute atomic E-state index is 12.7. The molecule has 0 spiro atoms. The van der Waals surface area contributed by atoms with Gasteiger partial charge in [0.15, 0.2) is 6.61 Å². The molecule has 3 aromatic rings. The average Bonchev–Trinajstić information content (AvgIpc) is 3.33. The molecule has 3 rings (SSSR count). The fraction of sp³-hybridized carbons (Fsp3) is 0.360. The molecule has 0 fully saturated rings. The Hall–Kier alpha value is -3.88. The fourth-order valence-corrected chi connectivity index (χ4v) is 3.45. The highest BCUT2D eigenvalue weighted by molar-refractivity contribution is 6.00. The van der Waals surface area contributed by atoms with E-state index in [0.717, 1.165) is 11.4 Å². The normalized spacial score (nSPS) is 11.2. The zero-order valence-electron chi connectivity index (χ0n) is 20.3. The van der Waals surface area contributed by atoms with Crippen LogP contribution in [0.25, 0.3) is 5.69 Å². The lowest BCUT2D eigenvalue weighted by Crippen LogP contribution is -2.22. The Morgan fingerprint density at radius 3 is 2.35 bits per heavy atom. The van der Waals surface area contributed by atoms with Gasteiger partial charge in [-0.1, -0.05) is 39.0 Å². The fourth-order valence-electron chi connectivity index (χ4n) is 3.45. The molecular weight excluding hydrogens is 436 g/mol. The van der Waals surface area contributed by atoms with E-state index >= 15 is 0 Å². The molecule has 180 valence electrons. The summed E-state index contributed by atoms with van der Waals surface area (Å²) >= 11 is 0. The Morgan fingerprint density at radius 2 is 1.74 bits per heavy atom. The van der Waals surface area contributed by atoms with Crippen LogP contribution in [0.4, 0.5) is 5.82 Å². The van der Waals surface area contributed by atoms with E-state index in [2.05, 4.69) is 15.4 Å². The Morgan fingerprint density at radius 1 is 1.06 bits per heavy atom. The maximum Gasteiger partial charge on any atom is 0.355 e. The predicted molar refractivity (Wildman–Crippen MR) is 127 cm³/mol. The molecule has 0 saturated carbocycles. The second-order valence-electron chi connectivity index (χ2n) is 8.88. The number of aromatic nitrogens is 3. The van der Waals surface area contributed by atoms with Gasteiger partial charge in [0.25, 0.3) is 5.91 Å². The van der Waals surface area contributed by atoms with Gasteiger partial charge < -0.3 is 19.8 Å². The van der Waals surface area contributed by atoms with Crippen LogP contribution in [0.1, 0.15) is 65.5 Å². The van der Waals surface area contributed by atoms with Crippen LogP contribution in [0.3, 0.4) is 0 Å². The lowest BCUT2D eigenvalue weighted by Gasteiger charge is -2.14. The van der Waals surface area contributed by atoms with Crippen LogP contribution < -0.4 is 5.32 Å². The van der Waals surface area contributed by atoms with Gasteiger partial charge in [-0.25, -0.2) is 14.3 Å². The number of carbonyl (C=O) groups excluding carboxylic acids is 3. The van der Waals surface area contributed by atoms with Gasteiger partial charge in [-0.05, 0) is 38.5 Å². The number of hydrogen-bond acceptors (Lipinski definition) is 6. The van der Waals surface area contributed by atoms with Crippen molar-refractivity contribution in [3.63, 3.8) is 0 Å². The SMILES string of the molecule is CCOC(=O)c1[nH]c(C)c(C(=O)OCC(=O)Nc2cc(C(C)(C)C)nn2-c2ccccc2)c1C. The van der Waals surface area contributed by atoms with Crippen molar-refractivity contribution in [2.24, 2.45) is 0 Å². The van der Waals surface area contributed by atoms with Gasteiger partial charge in [0.2, 0.25) is 0 Å². The first-order chi connectivity index (χ1) is 16.0. The number of aromatic amines is 1. The number of hydrogen-bond donors (Lipinski definition) is 2. The molecule has 0 radical (unpaired) electrons. The minimum Gasteiger partial charge on any atom is -0.461 e. The number of esters is 2. The molecule has 2 N–H and O–H groups in total. The Labute approximate surface area is 198 Å². The number of H-pyrrole nitrogens is 1. The molecule has 9 nitrogen and oxygen atoms in total. The van der Waals surface area contributed by atoms with Crippen molar-refractivity contribution in [3.8, 4) is 5.69 Å². The van der Waals surface area contributed by atoms with E-state index in [0.29, 0.717) is 17.1 Å². The summed E-state index contributed by atoms with van der Waals surface area (Å²) in [6, 6.07) is 11.2. The van der Waals surface area contributed by atoms with Gasteiger partial charge in [0, 0.05) is 17.2 Å². The van der Waals surface area contributed by atoms with Crippen molar-refractivity contribution in [3.05, 3.63) is 64.6 Å². The third-order valence-corrected chi connectivity index (χ3v) is 5.20. The number of ether oxygens (including phenoxy) is 2. The van der Waals surface area contributed by atoms with E-state index in [-0.39, 0.29) is 23.3 Å². The molecule has 0 aliphatic heterocycles. The summed E-state index contributed by atoms with van der Waals surface area (Å²) in [5.74, 6) is -1.30. The van der Waals surface area contributed by atoms with Crippen molar-refractivity contribution in [2.45, 2.75) is 47.0 Å². The highest BCUT2D eigenvalue weighted by atomic mass is 16.5. The van der Waals surface area contributed by atoms with E-state index in [1.807, 2.05) is 51.1 Å². The monoisotopic (exact) mass is 466 g/mol. The van der Waals surface area contributed by atoms with Crippen LogP contribution in [0.5, 0.6) is 0 Å². The summed E-state index contributed by atoms with van der Waals surface area (Å²) < 4.78 is 11.9. The topological polar surface area (TPSA) is 115 Å². The first-order valence-electron chi connectivity index (χ1n) is 11.0. The van der Waals surface area contributed by atoms with E-state index in [1.54, 1.807) is 31.5 Å². The van der Waals surface area contributed by atoms with Crippen LogP contribution in [0, 0.1) is 13.8 Å². The maximum atomic E-state index is 12.7. The second kappa shape index (κ2) is 9.94. The number of anilines is 1. The number of carbonyl (C=O) groups is 3. The summed E-state index contributed by atoms with van der Waals surface area (Å²) in [7, 11) is 0. The van der Waals surface area contributed by atoms with E-state index in [9.17, 15) is 14.4 Å². The van der Waals surface area contributed by atoms with E-state index in [1.165, 1.54) is 0 Å². The molecule has 9 heteroatoms. The minimum atomic E-state index is -0.705. The smallest absolute Gasteiger partial charge is 0.355 e. The van der Waals surface area contributed by atoms with E-state index in [4.69, 9.17) is 9.47 Å². The van der Waals surface area contributed by atoms with Gasteiger partial charge in [0.1, 0.15) is 11.5 Å². The Kier molecular flexibility index (Phi) is 7.24. The van der Waals surface area contributed by atoms with Gasteiger partial charge >= 0.3 is 11.9 Å². The van der Waals surface area contributed by atoms with Crippen molar-refractivity contribution in [1.29, 1.82) is 0 Å². The van der Waals surface area contributed by atoms with Crippen LogP contribution in [0.2, 0.25) is 0 Å². The molecule has 34 heavy (non-hydrogen) atoms. The molecule has 0 bridgehead atoms. The van der Waals surface area contributed by atoms with Crippen LogP contribution >= 0.6 is 0 Å². The molecule has 0 aliphatic carbocycles. The molecule has 1 amide bonds. The third kappa shape index (κ3) is 5.36. The largest absolute Gasteiger partial charge is 0.461 e.